The lowest BCUT2D eigenvalue weighted by Crippen LogP contribution is -1.76. The first kappa shape index (κ1) is 7.62. The van der Waals surface area contributed by atoms with Gasteiger partial charge in [0.25, 0.3) is 0 Å². The van der Waals surface area contributed by atoms with Crippen molar-refractivity contribution >= 4 is 11.3 Å². The molecule has 0 unspecified atom stereocenters. The molecule has 0 atom stereocenters. The molecule has 2 aromatic rings. The Bertz CT molecular complexity index is 346. The summed E-state index contributed by atoms with van der Waals surface area (Å²) in [5.74, 6) is 0.988. The Morgan fingerprint density at radius 1 is 1.42 bits per heavy atom. The third kappa shape index (κ3) is 1.18. The molecular formula is C10H10OS. The second-order valence-corrected chi connectivity index (χ2v) is 3.52. The molecule has 0 radical (unpaired) electrons. The lowest BCUT2D eigenvalue weighted by atomic mass is 10.2. The van der Waals surface area contributed by atoms with Crippen LogP contribution in [0.1, 0.15) is 12.5 Å². The maximum absolute atomic E-state index is 5.33. The summed E-state index contributed by atoms with van der Waals surface area (Å²) in [7, 11) is 0. The van der Waals surface area contributed by atoms with Gasteiger partial charge in [0.2, 0.25) is 0 Å². The van der Waals surface area contributed by atoms with E-state index in [2.05, 4.69) is 18.4 Å². The SMILES string of the molecule is CCc1ccsc1-c1ccco1. The summed E-state index contributed by atoms with van der Waals surface area (Å²) in [6.45, 7) is 2.16. The normalized spacial score (nSPS) is 10.4. The van der Waals surface area contributed by atoms with Crippen LogP contribution in [0.15, 0.2) is 34.3 Å². The van der Waals surface area contributed by atoms with E-state index >= 15 is 0 Å². The van der Waals surface area contributed by atoms with Crippen LogP contribution in [0.25, 0.3) is 10.6 Å². The van der Waals surface area contributed by atoms with Crippen molar-refractivity contribution in [2.24, 2.45) is 0 Å². The van der Waals surface area contributed by atoms with Crippen LogP contribution in [0.3, 0.4) is 0 Å². The molecule has 0 spiro atoms. The first-order valence-corrected chi connectivity index (χ1v) is 4.90. The van der Waals surface area contributed by atoms with Crippen LogP contribution in [-0.4, -0.2) is 0 Å². The van der Waals surface area contributed by atoms with Gasteiger partial charge in [-0.15, -0.1) is 11.3 Å². The van der Waals surface area contributed by atoms with Gasteiger partial charge in [0.05, 0.1) is 11.1 Å². The van der Waals surface area contributed by atoms with Gasteiger partial charge < -0.3 is 4.42 Å². The van der Waals surface area contributed by atoms with E-state index < -0.39 is 0 Å². The third-order valence-corrected chi connectivity index (χ3v) is 2.84. The molecule has 0 saturated carbocycles. The summed E-state index contributed by atoms with van der Waals surface area (Å²) in [6.07, 6.45) is 2.79. The lowest BCUT2D eigenvalue weighted by Gasteiger charge is -1.95. The van der Waals surface area contributed by atoms with Crippen LogP contribution >= 0.6 is 11.3 Å². The van der Waals surface area contributed by atoms with Crippen molar-refractivity contribution in [2.45, 2.75) is 13.3 Å². The Balaban J connectivity index is 2.46. The van der Waals surface area contributed by atoms with Crippen LogP contribution in [0.5, 0.6) is 0 Å². The largest absolute Gasteiger partial charge is 0.464 e. The molecule has 0 aromatic carbocycles. The molecule has 0 bridgehead atoms. The van der Waals surface area contributed by atoms with Crippen LogP contribution in [0.4, 0.5) is 0 Å². The van der Waals surface area contributed by atoms with Crippen LogP contribution < -0.4 is 0 Å². The second kappa shape index (κ2) is 3.15. The molecule has 62 valence electrons. The number of thiophene rings is 1. The topological polar surface area (TPSA) is 13.1 Å². The highest BCUT2D eigenvalue weighted by molar-refractivity contribution is 7.13. The average molecular weight is 178 g/mol. The number of aryl methyl sites for hydroxylation is 1. The molecule has 0 aliphatic heterocycles. The van der Waals surface area contributed by atoms with E-state index in [1.807, 2.05) is 12.1 Å². The van der Waals surface area contributed by atoms with Gasteiger partial charge in [0, 0.05) is 0 Å². The smallest absolute Gasteiger partial charge is 0.144 e. The molecule has 1 nitrogen and oxygen atoms in total. The minimum Gasteiger partial charge on any atom is -0.464 e. The Kier molecular flexibility index (Phi) is 2.00. The maximum atomic E-state index is 5.33. The van der Waals surface area contributed by atoms with Crippen molar-refractivity contribution in [1.29, 1.82) is 0 Å². The summed E-state index contributed by atoms with van der Waals surface area (Å²) in [4.78, 5) is 1.27. The Hall–Kier alpha value is -1.02. The summed E-state index contributed by atoms with van der Waals surface area (Å²) < 4.78 is 5.33. The third-order valence-electron chi connectivity index (χ3n) is 1.87. The predicted octanol–water partition coefficient (Wildman–Crippen LogP) is 3.57. The average Bonchev–Trinajstić information content (AvgIpc) is 2.74. The molecule has 0 aliphatic carbocycles. The molecule has 0 amide bonds. The predicted molar refractivity (Wildman–Crippen MR) is 51.4 cm³/mol. The molecule has 0 aliphatic rings. The summed E-state index contributed by atoms with van der Waals surface area (Å²) in [5.41, 5.74) is 1.37. The molecule has 0 fully saturated rings. The fourth-order valence-electron chi connectivity index (χ4n) is 1.24. The maximum Gasteiger partial charge on any atom is 0.144 e. The summed E-state index contributed by atoms with van der Waals surface area (Å²) in [6, 6.07) is 6.09. The first-order valence-electron chi connectivity index (χ1n) is 4.02. The van der Waals surface area contributed by atoms with Gasteiger partial charge >= 0.3 is 0 Å². The highest BCUT2D eigenvalue weighted by Crippen LogP contribution is 2.29. The zero-order chi connectivity index (χ0) is 8.39. The van der Waals surface area contributed by atoms with Crippen molar-refractivity contribution < 1.29 is 4.42 Å². The zero-order valence-electron chi connectivity index (χ0n) is 6.91. The molecule has 2 aromatic heterocycles. The van der Waals surface area contributed by atoms with Gasteiger partial charge in [-0.2, -0.15) is 0 Å². The highest BCUT2D eigenvalue weighted by atomic mass is 32.1. The number of furan rings is 1. The van der Waals surface area contributed by atoms with E-state index in [0.29, 0.717) is 0 Å². The Labute approximate surface area is 75.7 Å². The van der Waals surface area contributed by atoms with Crippen LogP contribution in [0.2, 0.25) is 0 Å². The molecule has 2 heterocycles. The minimum absolute atomic E-state index is 0.988. The van der Waals surface area contributed by atoms with E-state index in [0.717, 1.165) is 12.2 Å². The van der Waals surface area contributed by atoms with Crippen molar-refractivity contribution in [1.82, 2.24) is 0 Å². The van der Waals surface area contributed by atoms with E-state index in [1.54, 1.807) is 17.6 Å². The quantitative estimate of drug-likeness (QED) is 0.685. The minimum atomic E-state index is 0.988. The van der Waals surface area contributed by atoms with E-state index in [4.69, 9.17) is 4.42 Å². The molecule has 12 heavy (non-hydrogen) atoms. The first-order chi connectivity index (χ1) is 5.92. The monoisotopic (exact) mass is 178 g/mol. The molecule has 0 N–H and O–H groups in total. The van der Waals surface area contributed by atoms with E-state index in [1.165, 1.54) is 10.4 Å². The molecule has 2 rings (SSSR count). The number of hydrogen-bond acceptors (Lipinski definition) is 2. The zero-order valence-corrected chi connectivity index (χ0v) is 7.73. The summed E-state index contributed by atoms with van der Waals surface area (Å²) >= 11 is 1.74. The van der Waals surface area contributed by atoms with Gasteiger partial charge in [-0.1, -0.05) is 6.92 Å². The van der Waals surface area contributed by atoms with Crippen LogP contribution in [0, 0.1) is 0 Å². The lowest BCUT2D eigenvalue weighted by molar-refractivity contribution is 0.583. The number of rotatable bonds is 2. The van der Waals surface area contributed by atoms with Crippen molar-refractivity contribution in [3.8, 4) is 10.6 Å². The van der Waals surface area contributed by atoms with Crippen molar-refractivity contribution in [2.75, 3.05) is 0 Å². The molecule has 0 saturated heterocycles. The fourth-order valence-corrected chi connectivity index (χ4v) is 2.20. The van der Waals surface area contributed by atoms with Gasteiger partial charge in [-0.3, -0.25) is 0 Å². The van der Waals surface area contributed by atoms with Crippen molar-refractivity contribution in [3.05, 3.63) is 35.4 Å². The molecular weight excluding hydrogens is 168 g/mol. The number of hydrogen-bond donors (Lipinski definition) is 0. The summed E-state index contributed by atoms with van der Waals surface area (Å²) in [5, 5.41) is 2.11. The van der Waals surface area contributed by atoms with Crippen LogP contribution in [-0.2, 0) is 6.42 Å². The molecule has 2 heteroatoms. The van der Waals surface area contributed by atoms with Gasteiger partial charge in [0.15, 0.2) is 0 Å². The van der Waals surface area contributed by atoms with Gasteiger partial charge in [-0.25, -0.2) is 0 Å². The second-order valence-electron chi connectivity index (χ2n) is 2.61. The van der Waals surface area contributed by atoms with E-state index in [9.17, 15) is 0 Å². The fraction of sp³-hybridized carbons (Fsp3) is 0.200. The highest BCUT2D eigenvalue weighted by Gasteiger charge is 2.06. The van der Waals surface area contributed by atoms with Gasteiger partial charge in [-0.05, 0) is 35.6 Å². The Morgan fingerprint density at radius 2 is 2.33 bits per heavy atom. The van der Waals surface area contributed by atoms with E-state index in [-0.39, 0.29) is 0 Å². The van der Waals surface area contributed by atoms with Crippen molar-refractivity contribution in [3.63, 3.8) is 0 Å². The van der Waals surface area contributed by atoms with Gasteiger partial charge in [0.1, 0.15) is 5.76 Å². The Morgan fingerprint density at radius 3 is 3.00 bits per heavy atom. The standard InChI is InChI=1S/C10H10OS/c1-2-8-5-7-12-10(8)9-4-3-6-11-9/h3-7H,2H2,1H3.